The van der Waals surface area contributed by atoms with Gasteiger partial charge in [0.2, 0.25) is 0 Å². The fourth-order valence-electron chi connectivity index (χ4n) is 1.27. The van der Waals surface area contributed by atoms with Crippen LogP contribution in [0.2, 0.25) is 0 Å². The zero-order valence-corrected chi connectivity index (χ0v) is 10.8. The highest BCUT2D eigenvalue weighted by molar-refractivity contribution is 8.02. The highest BCUT2D eigenvalue weighted by atomic mass is 32.2. The Morgan fingerprint density at radius 3 is 2.71 bits per heavy atom. The fourth-order valence-corrected chi connectivity index (χ4v) is 4.62. The topological polar surface area (TPSA) is 35.5 Å². The lowest BCUT2D eigenvalue weighted by atomic mass is 10.1. The molecule has 0 saturated carbocycles. The molecule has 82 valence electrons. The molecule has 3 nitrogen and oxygen atoms in total. The molecule has 1 rings (SSSR count). The molecule has 0 saturated heterocycles. The third-order valence-electron chi connectivity index (χ3n) is 1.92. The maximum atomic E-state index is 12.0. The van der Waals surface area contributed by atoms with Crippen molar-refractivity contribution in [3.05, 3.63) is 10.7 Å². The molecule has 0 fully saturated rings. The predicted octanol–water partition coefficient (Wildman–Crippen LogP) is 3.62. The second-order valence-corrected chi connectivity index (χ2v) is 6.30. The minimum atomic E-state index is -2.96. The molecule has 0 aromatic carbocycles. The largest absolute Gasteiger partial charge is 0.355 e. The lowest BCUT2D eigenvalue weighted by molar-refractivity contribution is 0.131. The van der Waals surface area contributed by atoms with E-state index in [4.69, 9.17) is 9.05 Å². The zero-order valence-electron chi connectivity index (χ0n) is 9.07. The number of rotatable bonds is 4. The van der Waals surface area contributed by atoms with E-state index in [-0.39, 0.29) is 0 Å². The van der Waals surface area contributed by atoms with E-state index < -0.39 is 13.2 Å². The van der Waals surface area contributed by atoms with Crippen molar-refractivity contribution in [3.8, 4) is 0 Å². The number of hydrogen-bond donors (Lipinski definition) is 0. The summed E-state index contributed by atoms with van der Waals surface area (Å²) in [7, 11) is -2.96. The summed E-state index contributed by atoms with van der Waals surface area (Å²) in [4.78, 5) is 0.983. The van der Waals surface area contributed by atoms with Crippen LogP contribution in [0.3, 0.4) is 0 Å². The molecule has 0 bridgehead atoms. The lowest BCUT2D eigenvalue weighted by Gasteiger charge is -2.21. The molecule has 0 N–H and O–H groups in total. The van der Waals surface area contributed by atoms with Gasteiger partial charge in [0, 0.05) is 10.7 Å². The van der Waals surface area contributed by atoms with E-state index >= 15 is 0 Å². The monoisotopic (exact) mass is 236 g/mol. The first-order valence-corrected chi connectivity index (χ1v) is 7.49. The van der Waals surface area contributed by atoms with Crippen molar-refractivity contribution in [3.63, 3.8) is 0 Å². The third-order valence-corrected chi connectivity index (χ3v) is 4.97. The Balaban J connectivity index is 2.78. The first-order valence-electron chi connectivity index (χ1n) is 4.66. The minimum absolute atomic E-state index is 0.470. The average molecular weight is 236 g/mol. The van der Waals surface area contributed by atoms with Crippen LogP contribution in [0.15, 0.2) is 10.7 Å². The molecule has 1 unspecified atom stereocenters. The Morgan fingerprint density at radius 2 is 2.29 bits per heavy atom. The smallest absolute Gasteiger partial charge is 0.306 e. The summed E-state index contributed by atoms with van der Waals surface area (Å²) in [6.07, 6.45) is 2.79. The molecule has 0 aliphatic carbocycles. The van der Waals surface area contributed by atoms with Crippen LogP contribution < -0.4 is 0 Å². The van der Waals surface area contributed by atoms with Crippen LogP contribution in [0.1, 0.15) is 27.2 Å². The van der Waals surface area contributed by atoms with Gasteiger partial charge >= 0.3 is 7.60 Å². The Hall–Kier alpha value is 0.240. The lowest BCUT2D eigenvalue weighted by Crippen LogP contribution is -2.19. The SMILES string of the molecule is CCCOP1(=O)C=C(SC)C(C)(C)O1. The van der Waals surface area contributed by atoms with Crippen LogP contribution in [-0.2, 0) is 13.6 Å². The molecule has 14 heavy (non-hydrogen) atoms. The van der Waals surface area contributed by atoms with Gasteiger partial charge in [-0.2, -0.15) is 0 Å². The van der Waals surface area contributed by atoms with Crippen LogP contribution >= 0.6 is 19.4 Å². The summed E-state index contributed by atoms with van der Waals surface area (Å²) in [6, 6.07) is 0. The van der Waals surface area contributed by atoms with Gasteiger partial charge in [0.05, 0.1) is 6.61 Å². The normalized spacial score (nSPS) is 30.4. The number of hydrogen-bond acceptors (Lipinski definition) is 4. The van der Waals surface area contributed by atoms with Crippen molar-refractivity contribution in [2.75, 3.05) is 12.9 Å². The maximum Gasteiger partial charge on any atom is 0.355 e. The maximum absolute atomic E-state index is 12.0. The van der Waals surface area contributed by atoms with Gasteiger partial charge in [-0.05, 0) is 26.5 Å². The summed E-state index contributed by atoms with van der Waals surface area (Å²) in [5, 5.41) is 0. The quantitative estimate of drug-likeness (QED) is 0.698. The van der Waals surface area contributed by atoms with Crippen molar-refractivity contribution in [1.29, 1.82) is 0 Å². The van der Waals surface area contributed by atoms with Crippen molar-refractivity contribution < 1.29 is 13.6 Å². The standard InChI is InChI=1S/C9H17O3PS/c1-5-6-11-13(10)7-8(14-4)9(2,3)12-13/h7H,5-6H2,1-4H3. The van der Waals surface area contributed by atoms with Crippen LogP contribution in [0.4, 0.5) is 0 Å². The summed E-state index contributed by atoms with van der Waals surface area (Å²) in [6.45, 7) is 6.27. The molecule has 0 aromatic heterocycles. The molecule has 0 amide bonds. The number of thioether (sulfide) groups is 1. The van der Waals surface area contributed by atoms with Gasteiger partial charge < -0.3 is 4.52 Å². The van der Waals surface area contributed by atoms with E-state index in [2.05, 4.69) is 0 Å². The summed E-state index contributed by atoms with van der Waals surface area (Å²) in [5.41, 5.74) is -0.470. The van der Waals surface area contributed by atoms with E-state index in [1.165, 1.54) is 0 Å². The van der Waals surface area contributed by atoms with E-state index in [9.17, 15) is 4.57 Å². The van der Waals surface area contributed by atoms with Crippen LogP contribution in [0, 0.1) is 0 Å². The first kappa shape index (κ1) is 12.3. The van der Waals surface area contributed by atoms with Gasteiger partial charge in [0.25, 0.3) is 0 Å². The van der Waals surface area contributed by atoms with E-state index in [0.29, 0.717) is 6.61 Å². The summed E-state index contributed by atoms with van der Waals surface area (Å²) >= 11 is 1.56. The Labute approximate surface area is 89.8 Å². The molecule has 0 spiro atoms. The Kier molecular flexibility index (Phi) is 3.87. The summed E-state index contributed by atoms with van der Waals surface area (Å²) < 4.78 is 22.7. The van der Waals surface area contributed by atoms with Gasteiger partial charge in [-0.3, -0.25) is 9.09 Å². The second kappa shape index (κ2) is 4.40. The molecule has 5 heteroatoms. The Morgan fingerprint density at radius 1 is 1.64 bits per heavy atom. The third kappa shape index (κ3) is 2.63. The van der Waals surface area contributed by atoms with E-state index in [1.54, 1.807) is 17.6 Å². The van der Waals surface area contributed by atoms with Crippen molar-refractivity contribution in [2.45, 2.75) is 32.8 Å². The molecule has 1 heterocycles. The van der Waals surface area contributed by atoms with Gasteiger partial charge in [0.15, 0.2) is 0 Å². The van der Waals surface area contributed by atoms with Crippen LogP contribution in [0.25, 0.3) is 0 Å². The summed E-state index contributed by atoms with van der Waals surface area (Å²) in [5.74, 6) is 1.65. The minimum Gasteiger partial charge on any atom is -0.306 e. The van der Waals surface area contributed by atoms with Gasteiger partial charge in [0.1, 0.15) is 5.60 Å². The van der Waals surface area contributed by atoms with Crippen molar-refractivity contribution in [2.24, 2.45) is 0 Å². The second-order valence-electron chi connectivity index (χ2n) is 3.67. The molecular weight excluding hydrogens is 219 g/mol. The Bertz CT molecular complexity index is 286. The molecule has 0 radical (unpaired) electrons. The first-order chi connectivity index (χ1) is 6.43. The van der Waals surface area contributed by atoms with Gasteiger partial charge in [-0.25, -0.2) is 0 Å². The van der Waals surface area contributed by atoms with Crippen molar-refractivity contribution in [1.82, 2.24) is 0 Å². The predicted molar refractivity (Wildman–Crippen MR) is 60.6 cm³/mol. The molecular formula is C9H17O3PS. The van der Waals surface area contributed by atoms with Crippen LogP contribution in [-0.4, -0.2) is 18.5 Å². The molecule has 0 aromatic rings. The molecule has 1 aliphatic heterocycles. The van der Waals surface area contributed by atoms with Gasteiger partial charge in [-0.15, -0.1) is 11.8 Å². The van der Waals surface area contributed by atoms with Crippen molar-refractivity contribution >= 4 is 19.4 Å². The van der Waals surface area contributed by atoms with Crippen LogP contribution in [0.5, 0.6) is 0 Å². The zero-order chi connectivity index (χ0) is 10.8. The highest BCUT2D eigenvalue weighted by Crippen LogP contribution is 2.62. The molecule has 1 aliphatic rings. The highest BCUT2D eigenvalue weighted by Gasteiger charge is 2.42. The van der Waals surface area contributed by atoms with Gasteiger partial charge in [-0.1, -0.05) is 6.92 Å². The fraction of sp³-hybridized carbons (Fsp3) is 0.778. The van der Waals surface area contributed by atoms with E-state index in [0.717, 1.165) is 11.3 Å². The van der Waals surface area contributed by atoms with E-state index in [1.807, 2.05) is 27.0 Å². The molecule has 1 atom stereocenters. The average Bonchev–Trinajstić information content (AvgIpc) is 2.33.